The molecule has 0 aliphatic heterocycles. The van der Waals surface area contributed by atoms with Gasteiger partial charge in [-0.05, 0) is 18.6 Å². The Kier molecular flexibility index (Phi) is 5.40. The molecule has 3 heteroatoms. The molecule has 0 atom stereocenters. The fourth-order valence-corrected chi connectivity index (χ4v) is 1.41. The van der Waals surface area contributed by atoms with Crippen molar-refractivity contribution >= 4 is 5.91 Å². The first-order valence-corrected chi connectivity index (χ1v) is 5.58. The third-order valence-electron chi connectivity index (χ3n) is 2.30. The Labute approximate surface area is 96.8 Å². The quantitative estimate of drug-likeness (QED) is 0.749. The molecule has 0 saturated heterocycles. The number of hydrogen-bond donors (Lipinski definition) is 1. The van der Waals surface area contributed by atoms with E-state index in [1.165, 1.54) is 0 Å². The Morgan fingerprint density at radius 3 is 2.81 bits per heavy atom. The van der Waals surface area contributed by atoms with Gasteiger partial charge >= 0.3 is 0 Å². The number of para-hydroxylation sites is 1. The molecule has 1 rings (SSSR count). The Balaban J connectivity index is 2.60. The van der Waals surface area contributed by atoms with Gasteiger partial charge in [-0.25, -0.2) is 0 Å². The van der Waals surface area contributed by atoms with E-state index in [-0.39, 0.29) is 5.91 Å². The number of benzene rings is 1. The maximum atomic E-state index is 11.5. The molecule has 1 amide bonds. The Morgan fingerprint density at radius 1 is 1.38 bits per heavy atom. The summed E-state index contributed by atoms with van der Waals surface area (Å²) in [5.74, 6) is 0.408. The summed E-state index contributed by atoms with van der Waals surface area (Å²) < 4.78 is 5.57. The van der Waals surface area contributed by atoms with Crippen LogP contribution in [0.5, 0.6) is 5.75 Å². The number of rotatable bonds is 6. The largest absolute Gasteiger partial charge is 0.493 e. The van der Waals surface area contributed by atoms with Crippen molar-refractivity contribution in [1.29, 1.82) is 0 Å². The van der Waals surface area contributed by atoms with Crippen molar-refractivity contribution < 1.29 is 9.53 Å². The van der Waals surface area contributed by atoms with Gasteiger partial charge in [0.15, 0.2) is 0 Å². The van der Waals surface area contributed by atoms with Crippen LogP contribution in [-0.2, 0) is 0 Å². The standard InChI is InChI=1S/C13H18NO2/c1-3-4-7-10-16-12-9-6-5-8-11(12)13(15)14-2/h5-6,8-9H,2-4,7,10H2,1H3,(H,14,15). The summed E-state index contributed by atoms with van der Waals surface area (Å²) in [5.41, 5.74) is 0.536. The van der Waals surface area contributed by atoms with Crippen LogP contribution in [0, 0.1) is 7.05 Å². The summed E-state index contributed by atoms with van der Waals surface area (Å²) in [7, 11) is 3.36. The highest BCUT2D eigenvalue weighted by atomic mass is 16.5. The van der Waals surface area contributed by atoms with Crippen LogP contribution in [0.4, 0.5) is 0 Å². The van der Waals surface area contributed by atoms with Gasteiger partial charge < -0.3 is 10.1 Å². The second kappa shape index (κ2) is 6.88. The number of hydrogen-bond acceptors (Lipinski definition) is 2. The van der Waals surface area contributed by atoms with Crippen molar-refractivity contribution in [2.75, 3.05) is 6.61 Å². The van der Waals surface area contributed by atoms with Crippen molar-refractivity contribution in [3.63, 3.8) is 0 Å². The fourth-order valence-electron chi connectivity index (χ4n) is 1.41. The number of nitrogens with one attached hydrogen (secondary N) is 1. The predicted molar refractivity (Wildman–Crippen MR) is 64.3 cm³/mol. The smallest absolute Gasteiger partial charge is 0.255 e. The Bertz CT molecular complexity index is 336. The van der Waals surface area contributed by atoms with Gasteiger partial charge in [-0.2, -0.15) is 0 Å². The summed E-state index contributed by atoms with van der Waals surface area (Å²) in [6, 6.07) is 7.20. The molecule has 87 valence electrons. The minimum atomic E-state index is -0.217. The lowest BCUT2D eigenvalue weighted by Gasteiger charge is -2.09. The fraction of sp³-hybridized carbons (Fsp3) is 0.385. The zero-order valence-electron chi connectivity index (χ0n) is 9.66. The number of ether oxygens (including phenoxy) is 1. The zero-order valence-corrected chi connectivity index (χ0v) is 9.66. The van der Waals surface area contributed by atoms with Crippen LogP contribution in [-0.4, -0.2) is 12.5 Å². The van der Waals surface area contributed by atoms with Crippen molar-refractivity contribution in [2.24, 2.45) is 0 Å². The van der Waals surface area contributed by atoms with E-state index in [1.807, 2.05) is 12.1 Å². The van der Waals surface area contributed by atoms with Crippen LogP contribution in [0.2, 0.25) is 0 Å². The normalized spacial score (nSPS) is 9.88. The van der Waals surface area contributed by atoms with Gasteiger partial charge in [-0.1, -0.05) is 31.9 Å². The van der Waals surface area contributed by atoms with E-state index in [4.69, 9.17) is 4.74 Å². The summed E-state index contributed by atoms with van der Waals surface area (Å²) >= 11 is 0. The third-order valence-corrected chi connectivity index (χ3v) is 2.30. The van der Waals surface area contributed by atoms with Crippen molar-refractivity contribution in [3.8, 4) is 5.75 Å². The second-order valence-corrected chi connectivity index (χ2v) is 3.56. The van der Waals surface area contributed by atoms with E-state index >= 15 is 0 Å². The summed E-state index contributed by atoms with van der Waals surface area (Å²) in [6.07, 6.45) is 3.31. The van der Waals surface area contributed by atoms with E-state index in [2.05, 4.69) is 19.3 Å². The minimum absolute atomic E-state index is 0.217. The average Bonchev–Trinajstić information content (AvgIpc) is 2.34. The first-order chi connectivity index (χ1) is 7.79. The van der Waals surface area contributed by atoms with Gasteiger partial charge in [0, 0.05) is 7.05 Å². The average molecular weight is 220 g/mol. The molecule has 0 aromatic heterocycles. The van der Waals surface area contributed by atoms with E-state index in [1.54, 1.807) is 12.1 Å². The molecule has 0 heterocycles. The molecule has 0 aliphatic carbocycles. The third kappa shape index (κ3) is 3.57. The Morgan fingerprint density at radius 2 is 2.12 bits per heavy atom. The van der Waals surface area contributed by atoms with E-state index < -0.39 is 0 Å². The monoisotopic (exact) mass is 220 g/mol. The topological polar surface area (TPSA) is 38.3 Å². The van der Waals surface area contributed by atoms with E-state index in [0.29, 0.717) is 17.9 Å². The molecule has 1 radical (unpaired) electrons. The lowest BCUT2D eigenvalue weighted by Crippen LogP contribution is -2.17. The second-order valence-electron chi connectivity index (χ2n) is 3.56. The van der Waals surface area contributed by atoms with Crippen molar-refractivity contribution in [3.05, 3.63) is 36.9 Å². The highest BCUT2D eigenvalue weighted by Gasteiger charge is 2.09. The first kappa shape index (κ1) is 12.6. The van der Waals surface area contributed by atoms with Gasteiger partial charge in [0.1, 0.15) is 5.75 Å². The molecular weight excluding hydrogens is 202 g/mol. The molecule has 0 aliphatic rings. The molecule has 0 unspecified atom stereocenters. The molecule has 16 heavy (non-hydrogen) atoms. The van der Waals surface area contributed by atoms with Gasteiger partial charge in [0.25, 0.3) is 5.91 Å². The molecule has 3 nitrogen and oxygen atoms in total. The molecule has 0 saturated carbocycles. The molecule has 0 bridgehead atoms. The summed E-state index contributed by atoms with van der Waals surface area (Å²) in [4.78, 5) is 11.5. The summed E-state index contributed by atoms with van der Waals surface area (Å²) in [6.45, 7) is 2.79. The highest BCUT2D eigenvalue weighted by molar-refractivity contribution is 5.96. The van der Waals surface area contributed by atoms with Crippen molar-refractivity contribution in [1.82, 2.24) is 5.32 Å². The van der Waals surface area contributed by atoms with E-state index in [0.717, 1.165) is 19.3 Å². The van der Waals surface area contributed by atoms with Gasteiger partial charge in [-0.3, -0.25) is 4.79 Å². The zero-order chi connectivity index (χ0) is 11.8. The lowest BCUT2D eigenvalue weighted by atomic mass is 10.2. The van der Waals surface area contributed by atoms with Gasteiger partial charge in [0.05, 0.1) is 12.2 Å². The predicted octanol–water partition coefficient (Wildman–Crippen LogP) is 2.78. The van der Waals surface area contributed by atoms with Gasteiger partial charge in [-0.15, -0.1) is 0 Å². The lowest BCUT2D eigenvalue weighted by molar-refractivity contribution is 0.0965. The van der Waals surface area contributed by atoms with Crippen LogP contribution < -0.4 is 10.1 Å². The number of unbranched alkanes of at least 4 members (excludes halogenated alkanes) is 2. The molecule has 0 fully saturated rings. The first-order valence-electron chi connectivity index (χ1n) is 5.58. The molecule has 0 spiro atoms. The van der Waals surface area contributed by atoms with E-state index in [9.17, 15) is 4.79 Å². The van der Waals surface area contributed by atoms with Crippen LogP contribution in [0.3, 0.4) is 0 Å². The highest BCUT2D eigenvalue weighted by Crippen LogP contribution is 2.18. The molecule has 1 N–H and O–H groups in total. The van der Waals surface area contributed by atoms with Gasteiger partial charge in [0.2, 0.25) is 0 Å². The van der Waals surface area contributed by atoms with Crippen LogP contribution in [0.25, 0.3) is 0 Å². The number of carbonyl (C=O) groups excluding carboxylic acids is 1. The van der Waals surface area contributed by atoms with Crippen LogP contribution >= 0.6 is 0 Å². The van der Waals surface area contributed by atoms with Crippen LogP contribution in [0.15, 0.2) is 24.3 Å². The number of carbonyl (C=O) groups is 1. The molecular formula is C13H18NO2. The van der Waals surface area contributed by atoms with Crippen molar-refractivity contribution in [2.45, 2.75) is 26.2 Å². The maximum Gasteiger partial charge on any atom is 0.255 e. The van der Waals surface area contributed by atoms with Crippen LogP contribution in [0.1, 0.15) is 36.5 Å². The maximum absolute atomic E-state index is 11.5. The SMILES string of the molecule is [CH2]NC(=O)c1ccccc1OCCCCC. The minimum Gasteiger partial charge on any atom is -0.493 e. The Hall–Kier alpha value is -1.51. The number of amides is 1. The summed E-state index contributed by atoms with van der Waals surface area (Å²) in [5, 5.41) is 2.35. The molecule has 1 aromatic rings. The molecule has 1 aromatic carbocycles.